The lowest BCUT2D eigenvalue weighted by Gasteiger charge is -2.08. The lowest BCUT2D eigenvalue weighted by molar-refractivity contribution is -0.134. The molecule has 0 saturated heterocycles. The lowest BCUT2D eigenvalue weighted by Crippen LogP contribution is -2.09. The van der Waals surface area contributed by atoms with Gasteiger partial charge in [0.25, 0.3) is 0 Å². The number of carbonyl (C=O) groups is 1. The highest BCUT2D eigenvalue weighted by atomic mass is 19.1. The first-order chi connectivity index (χ1) is 11.7. The van der Waals surface area contributed by atoms with Crippen LogP contribution in [-0.4, -0.2) is 13.1 Å². The minimum atomic E-state index is -0.433. The second kappa shape index (κ2) is 7.13. The molecule has 24 heavy (non-hydrogen) atoms. The van der Waals surface area contributed by atoms with Gasteiger partial charge in [-0.05, 0) is 35.6 Å². The van der Waals surface area contributed by atoms with Gasteiger partial charge in [-0.25, -0.2) is 4.39 Å². The lowest BCUT2D eigenvalue weighted by atomic mass is 10.1. The summed E-state index contributed by atoms with van der Waals surface area (Å²) in [6.07, 6.45) is 0.583. The van der Waals surface area contributed by atoms with Crippen LogP contribution < -0.4 is 9.47 Å². The molecular formula is C20H17FO3. The van der Waals surface area contributed by atoms with Gasteiger partial charge in [-0.1, -0.05) is 42.5 Å². The summed E-state index contributed by atoms with van der Waals surface area (Å²) >= 11 is 0. The van der Waals surface area contributed by atoms with Crippen molar-refractivity contribution in [2.75, 3.05) is 7.11 Å². The van der Waals surface area contributed by atoms with E-state index in [2.05, 4.69) is 0 Å². The molecule has 4 heteroatoms. The Kier molecular flexibility index (Phi) is 4.75. The fraction of sp³-hybridized carbons (Fsp3) is 0.150. The van der Waals surface area contributed by atoms with E-state index in [9.17, 15) is 9.18 Å². The Balaban J connectivity index is 1.66. The third-order valence-corrected chi connectivity index (χ3v) is 3.81. The number of aryl methyl sites for hydroxylation is 1. The molecule has 0 fully saturated rings. The van der Waals surface area contributed by atoms with Crippen LogP contribution in [0, 0.1) is 5.82 Å². The van der Waals surface area contributed by atoms with E-state index in [1.807, 2.05) is 36.4 Å². The van der Waals surface area contributed by atoms with Gasteiger partial charge in [-0.15, -0.1) is 0 Å². The summed E-state index contributed by atoms with van der Waals surface area (Å²) in [7, 11) is 1.42. The van der Waals surface area contributed by atoms with Gasteiger partial charge in [0, 0.05) is 11.8 Å². The van der Waals surface area contributed by atoms with Crippen LogP contribution in [-0.2, 0) is 11.2 Å². The molecule has 3 nitrogen and oxygen atoms in total. The second-order valence-electron chi connectivity index (χ2n) is 5.42. The quantitative estimate of drug-likeness (QED) is 0.511. The van der Waals surface area contributed by atoms with Gasteiger partial charge in [-0.2, -0.15) is 0 Å². The minimum absolute atomic E-state index is 0.176. The Morgan fingerprint density at radius 2 is 1.79 bits per heavy atom. The summed E-state index contributed by atoms with van der Waals surface area (Å²) in [5, 5.41) is 1.91. The Morgan fingerprint density at radius 3 is 2.58 bits per heavy atom. The minimum Gasteiger partial charge on any atom is -0.494 e. The highest BCUT2D eigenvalue weighted by molar-refractivity contribution is 5.90. The third-order valence-electron chi connectivity index (χ3n) is 3.81. The fourth-order valence-corrected chi connectivity index (χ4v) is 2.57. The maximum atomic E-state index is 13.7. The summed E-state index contributed by atoms with van der Waals surface area (Å²) in [5.74, 6) is -0.0453. The molecule has 0 aliphatic carbocycles. The first kappa shape index (κ1) is 16.0. The number of benzene rings is 3. The molecule has 122 valence electrons. The van der Waals surface area contributed by atoms with E-state index < -0.39 is 5.82 Å². The SMILES string of the molecule is COc1ccc(CCC(=O)Oc2cccc3ccccc23)cc1F. The monoisotopic (exact) mass is 324 g/mol. The van der Waals surface area contributed by atoms with Crippen molar-refractivity contribution in [1.82, 2.24) is 0 Å². The van der Waals surface area contributed by atoms with Gasteiger partial charge in [-0.3, -0.25) is 4.79 Å². The van der Waals surface area contributed by atoms with Crippen molar-refractivity contribution in [3.63, 3.8) is 0 Å². The average molecular weight is 324 g/mol. The predicted molar refractivity (Wildman–Crippen MR) is 90.9 cm³/mol. The Bertz CT molecular complexity index is 868. The number of carbonyl (C=O) groups excluding carboxylic acids is 1. The summed E-state index contributed by atoms with van der Waals surface area (Å²) < 4.78 is 24.0. The van der Waals surface area contributed by atoms with Gasteiger partial charge < -0.3 is 9.47 Å². The van der Waals surface area contributed by atoms with Gasteiger partial charge in [0.15, 0.2) is 11.6 Å². The number of methoxy groups -OCH3 is 1. The van der Waals surface area contributed by atoms with Crippen molar-refractivity contribution in [3.05, 3.63) is 72.0 Å². The van der Waals surface area contributed by atoms with Crippen molar-refractivity contribution in [2.45, 2.75) is 12.8 Å². The van der Waals surface area contributed by atoms with E-state index >= 15 is 0 Å². The standard InChI is InChI=1S/C20H17FO3/c1-23-19-11-9-14(13-17(19)21)10-12-20(22)24-18-8-4-6-15-5-2-3-7-16(15)18/h2-9,11,13H,10,12H2,1H3. The molecule has 0 bridgehead atoms. The van der Waals surface area contributed by atoms with E-state index in [1.54, 1.807) is 18.2 Å². The van der Waals surface area contributed by atoms with Crippen LogP contribution in [0.1, 0.15) is 12.0 Å². The first-order valence-corrected chi connectivity index (χ1v) is 7.68. The molecule has 3 aromatic rings. The molecule has 0 unspecified atom stereocenters. The van der Waals surface area contributed by atoms with Crippen LogP contribution in [0.5, 0.6) is 11.5 Å². The summed E-state index contributed by atoms with van der Waals surface area (Å²) in [6.45, 7) is 0. The van der Waals surface area contributed by atoms with Gasteiger partial charge in [0.05, 0.1) is 7.11 Å². The highest BCUT2D eigenvalue weighted by Crippen LogP contribution is 2.25. The molecule has 0 spiro atoms. The molecule has 3 aromatic carbocycles. The van der Waals surface area contributed by atoms with Crippen LogP contribution in [0.2, 0.25) is 0 Å². The zero-order valence-corrected chi connectivity index (χ0v) is 13.3. The van der Waals surface area contributed by atoms with Crippen LogP contribution in [0.3, 0.4) is 0 Å². The predicted octanol–water partition coefficient (Wildman–Crippen LogP) is 4.53. The van der Waals surface area contributed by atoms with E-state index in [0.717, 1.165) is 16.3 Å². The Labute approximate surface area is 139 Å². The molecule has 0 aliphatic heterocycles. The molecular weight excluding hydrogens is 307 g/mol. The number of hydrogen-bond donors (Lipinski definition) is 0. The summed E-state index contributed by atoms with van der Waals surface area (Å²) in [6, 6.07) is 18.0. The Morgan fingerprint density at radius 1 is 1.00 bits per heavy atom. The van der Waals surface area contributed by atoms with E-state index in [0.29, 0.717) is 12.2 Å². The smallest absolute Gasteiger partial charge is 0.311 e. The average Bonchev–Trinajstić information content (AvgIpc) is 2.60. The maximum absolute atomic E-state index is 13.7. The van der Waals surface area contributed by atoms with Crippen molar-refractivity contribution in [1.29, 1.82) is 0 Å². The second-order valence-corrected chi connectivity index (χ2v) is 5.42. The molecule has 0 aromatic heterocycles. The first-order valence-electron chi connectivity index (χ1n) is 7.68. The number of hydrogen-bond acceptors (Lipinski definition) is 3. The number of halogens is 1. The number of fused-ring (bicyclic) bond motifs is 1. The zero-order chi connectivity index (χ0) is 16.9. The van der Waals surface area contributed by atoms with Gasteiger partial charge in [0.1, 0.15) is 5.75 Å². The molecule has 0 atom stereocenters. The third kappa shape index (κ3) is 3.54. The largest absolute Gasteiger partial charge is 0.494 e. The maximum Gasteiger partial charge on any atom is 0.311 e. The molecule has 0 N–H and O–H groups in total. The topological polar surface area (TPSA) is 35.5 Å². The molecule has 0 amide bonds. The number of rotatable bonds is 5. The van der Waals surface area contributed by atoms with Crippen molar-refractivity contribution in [3.8, 4) is 11.5 Å². The van der Waals surface area contributed by atoms with Crippen molar-refractivity contribution < 1.29 is 18.7 Å². The molecule has 3 rings (SSSR count). The van der Waals surface area contributed by atoms with Crippen molar-refractivity contribution >= 4 is 16.7 Å². The normalized spacial score (nSPS) is 10.6. The molecule has 0 heterocycles. The van der Waals surface area contributed by atoms with Gasteiger partial charge in [0.2, 0.25) is 0 Å². The van der Waals surface area contributed by atoms with Crippen LogP contribution in [0.4, 0.5) is 4.39 Å². The molecule has 0 aliphatic rings. The Hall–Kier alpha value is -2.88. The zero-order valence-electron chi connectivity index (χ0n) is 13.3. The van der Waals surface area contributed by atoms with E-state index in [4.69, 9.17) is 9.47 Å². The van der Waals surface area contributed by atoms with Crippen LogP contribution in [0.15, 0.2) is 60.7 Å². The number of esters is 1. The van der Waals surface area contributed by atoms with E-state index in [-0.39, 0.29) is 18.1 Å². The fourth-order valence-electron chi connectivity index (χ4n) is 2.57. The molecule has 0 saturated carbocycles. The van der Waals surface area contributed by atoms with Crippen LogP contribution >= 0.6 is 0 Å². The van der Waals surface area contributed by atoms with E-state index in [1.165, 1.54) is 13.2 Å². The number of ether oxygens (including phenoxy) is 2. The van der Waals surface area contributed by atoms with Crippen LogP contribution in [0.25, 0.3) is 10.8 Å². The highest BCUT2D eigenvalue weighted by Gasteiger charge is 2.10. The van der Waals surface area contributed by atoms with Crippen molar-refractivity contribution in [2.24, 2.45) is 0 Å². The summed E-state index contributed by atoms with van der Waals surface area (Å²) in [4.78, 5) is 12.1. The van der Waals surface area contributed by atoms with Gasteiger partial charge >= 0.3 is 5.97 Å². The summed E-state index contributed by atoms with van der Waals surface area (Å²) in [5.41, 5.74) is 0.725. The molecule has 0 radical (unpaired) electrons.